The number of nitrogens with zero attached hydrogens (tertiary/aromatic N) is 2. The van der Waals surface area contributed by atoms with Crippen molar-refractivity contribution < 1.29 is 4.74 Å². The summed E-state index contributed by atoms with van der Waals surface area (Å²) >= 11 is 6.33. The summed E-state index contributed by atoms with van der Waals surface area (Å²) in [5.74, 6) is 0. The fourth-order valence-corrected chi connectivity index (χ4v) is 2.42. The van der Waals surface area contributed by atoms with Crippen LogP contribution in [0.4, 0.5) is 0 Å². The molecule has 2 heterocycles. The van der Waals surface area contributed by atoms with Crippen LogP contribution < -0.4 is 5.73 Å². The minimum absolute atomic E-state index is 0.105. The zero-order valence-electron chi connectivity index (χ0n) is 10.1. The maximum Gasteiger partial charge on any atom is 0.0893 e. The molecule has 1 aromatic carbocycles. The maximum absolute atomic E-state index is 6.33. The molecular formula is C13H14ClN3O. The van der Waals surface area contributed by atoms with E-state index in [4.69, 9.17) is 22.1 Å². The summed E-state index contributed by atoms with van der Waals surface area (Å²) in [6, 6.07) is 5.78. The standard InChI is InChI=1S/C13H14ClN3O/c1-8-3-2-4-11(13(8)14)17-12-7-18-6-10(15)9(12)5-16-17/h2-5,10H,6-7,15H2,1H3. The molecule has 1 aliphatic heterocycles. The molecule has 94 valence electrons. The Kier molecular flexibility index (Phi) is 2.86. The number of fused-ring (bicyclic) bond motifs is 1. The van der Waals surface area contributed by atoms with Crippen LogP contribution in [0.1, 0.15) is 22.9 Å². The third-order valence-electron chi connectivity index (χ3n) is 3.24. The summed E-state index contributed by atoms with van der Waals surface area (Å²) < 4.78 is 7.29. The largest absolute Gasteiger partial charge is 0.373 e. The van der Waals surface area contributed by atoms with Crippen LogP contribution in [-0.2, 0) is 11.3 Å². The highest BCUT2D eigenvalue weighted by atomic mass is 35.5. The highest BCUT2D eigenvalue weighted by molar-refractivity contribution is 6.33. The average molecular weight is 264 g/mol. The molecule has 1 aliphatic rings. The Morgan fingerprint density at radius 3 is 3.17 bits per heavy atom. The number of hydrogen-bond donors (Lipinski definition) is 1. The number of aromatic nitrogens is 2. The van der Waals surface area contributed by atoms with Crippen LogP contribution in [-0.4, -0.2) is 16.4 Å². The second kappa shape index (κ2) is 4.39. The van der Waals surface area contributed by atoms with Gasteiger partial charge >= 0.3 is 0 Å². The van der Waals surface area contributed by atoms with E-state index in [0.29, 0.717) is 18.2 Å². The van der Waals surface area contributed by atoms with Gasteiger partial charge in [-0.1, -0.05) is 23.7 Å². The number of benzene rings is 1. The third kappa shape index (κ3) is 1.73. The molecule has 1 atom stereocenters. The molecule has 0 saturated heterocycles. The molecule has 0 bridgehead atoms. The van der Waals surface area contributed by atoms with Crippen LogP contribution in [0.5, 0.6) is 0 Å². The molecule has 0 spiro atoms. The summed E-state index contributed by atoms with van der Waals surface area (Å²) in [5.41, 5.74) is 9.92. The summed E-state index contributed by atoms with van der Waals surface area (Å²) in [6.45, 7) is 3.04. The minimum atomic E-state index is -0.105. The molecule has 0 saturated carbocycles. The molecule has 4 nitrogen and oxygen atoms in total. The van der Waals surface area contributed by atoms with Gasteiger partial charge in [0.25, 0.3) is 0 Å². The first kappa shape index (κ1) is 11.7. The fraction of sp³-hybridized carbons (Fsp3) is 0.308. The summed E-state index contributed by atoms with van der Waals surface area (Å²) in [4.78, 5) is 0. The molecule has 0 fully saturated rings. The van der Waals surface area contributed by atoms with E-state index < -0.39 is 0 Å². The molecule has 5 heteroatoms. The quantitative estimate of drug-likeness (QED) is 0.859. The molecule has 0 aliphatic carbocycles. The van der Waals surface area contributed by atoms with Gasteiger partial charge in [-0.3, -0.25) is 0 Å². The Morgan fingerprint density at radius 1 is 1.50 bits per heavy atom. The predicted octanol–water partition coefficient (Wildman–Crippen LogP) is 2.36. The summed E-state index contributed by atoms with van der Waals surface area (Å²) in [6.07, 6.45) is 1.81. The van der Waals surface area contributed by atoms with E-state index in [-0.39, 0.29) is 6.04 Å². The van der Waals surface area contributed by atoms with Crippen molar-refractivity contribution in [1.82, 2.24) is 9.78 Å². The average Bonchev–Trinajstić information content (AvgIpc) is 2.78. The van der Waals surface area contributed by atoms with Crippen LogP contribution in [0.3, 0.4) is 0 Å². The number of nitrogens with two attached hydrogens (primary N) is 1. The predicted molar refractivity (Wildman–Crippen MR) is 69.9 cm³/mol. The van der Waals surface area contributed by atoms with Gasteiger partial charge in [0.1, 0.15) is 0 Å². The second-order valence-electron chi connectivity index (χ2n) is 4.49. The van der Waals surface area contributed by atoms with Crippen LogP contribution in [0.25, 0.3) is 5.69 Å². The van der Waals surface area contributed by atoms with E-state index >= 15 is 0 Å². The SMILES string of the molecule is Cc1cccc(-n2ncc3c2COCC3N)c1Cl. The van der Waals surface area contributed by atoms with Crippen molar-refractivity contribution in [3.63, 3.8) is 0 Å². The van der Waals surface area contributed by atoms with Gasteiger partial charge in [-0.15, -0.1) is 0 Å². The first-order valence-corrected chi connectivity index (χ1v) is 6.22. The topological polar surface area (TPSA) is 53.1 Å². The molecule has 0 amide bonds. The molecule has 3 rings (SSSR count). The lowest BCUT2D eigenvalue weighted by atomic mass is 10.1. The Morgan fingerprint density at radius 2 is 2.33 bits per heavy atom. The van der Waals surface area contributed by atoms with Crippen LogP contribution in [0, 0.1) is 6.92 Å². The van der Waals surface area contributed by atoms with E-state index in [2.05, 4.69) is 5.10 Å². The van der Waals surface area contributed by atoms with Crippen molar-refractivity contribution in [2.75, 3.05) is 6.61 Å². The van der Waals surface area contributed by atoms with Crippen molar-refractivity contribution >= 4 is 11.6 Å². The number of halogens is 1. The summed E-state index contributed by atoms with van der Waals surface area (Å²) in [5, 5.41) is 5.10. The van der Waals surface area contributed by atoms with Crippen molar-refractivity contribution in [3.8, 4) is 5.69 Å². The lowest BCUT2D eigenvalue weighted by Crippen LogP contribution is -2.24. The van der Waals surface area contributed by atoms with Gasteiger partial charge in [-0.2, -0.15) is 5.10 Å². The van der Waals surface area contributed by atoms with Gasteiger partial charge in [0.05, 0.1) is 41.9 Å². The van der Waals surface area contributed by atoms with Crippen LogP contribution >= 0.6 is 11.6 Å². The first-order valence-electron chi connectivity index (χ1n) is 5.84. The number of aryl methyl sites for hydroxylation is 1. The van der Waals surface area contributed by atoms with Crippen LogP contribution in [0.2, 0.25) is 5.02 Å². The lowest BCUT2D eigenvalue weighted by Gasteiger charge is -2.20. The Balaban J connectivity index is 2.16. The van der Waals surface area contributed by atoms with Crippen LogP contribution in [0.15, 0.2) is 24.4 Å². The van der Waals surface area contributed by atoms with Crippen molar-refractivity contribution in [2.24, 2.45) is 5.73 Å². The maximum atomic E-state index is 6.33. The van der Waals surface area contributed by atoms with Gasteiger partial charge in [0.2, 0.25) is 0 Å². The van der Waals surface area contributed by atoms with E-state index in [0.717, 1.165) is 22.5 Å². The highest BCUT2D eigenvalue weighted by Crippen LogP contribution is 2.29. The van der Waals surface area contributed by atoms with Crippen molar-refractivity contribution in [1.29, 1.82) is 0 Å². The minimum Gasteiger partial charge on any atom is -0.373 e. The van der Waals surface area contributed by atoms with Gasteiger partial charge in [-0.05, 0) is 18.6 Å². The van der Waals surface area contributed by atoms with Gasteiger partial charge in [-0.25, -0.2) is 4.68 Å². The molecule has 0 radical (unpaired) electrons. The fourth-order valence-electron chi connectivity index (χ4n) is 2.22. The van der Waals surface area contributed by atoms with Gasteiger partial charge in [0.15, 0.2) is 0 Å². The van der Waals surface area contributed by atoms with Gasteiger partial charge < -0.3 is 10.5 Å². The Hall–Kier alpha value is -1.36. The molecule has 1 unspecified atom stereocenters. The zero-order chi connectivity index (χ0) is 12.7. The molecule has 18 heavy (non-hydrogen) atoms. The summed E-state index contributed by atoms with van der Waals surface area (Å²) in [7, 11) is 0. The van der Waals surface area contributed by atoms with Crippen molar-refractivity contribution in [3.05, 3.63) is 46.2 Å². The van der Waals surface area contributed by atoms with E-state index in [1.807, 2.05) is 29.8 Å². The lowest BCUT2D eigenvalue weighted by molar-refractivity contribution is 0.0885. The van der Waals surface area contributed by atoms with Gasteiger partial charge in [0, 0.05) is 5.56 Å². The highest BCUT2D eigenvalue weighted by Gasteiger charge is 2.23. The monoisotopic (exact) mass is 263 g/mol. The zero-order valence-corrected chi connectivity index (χ0v) is 10.8. The number of hydrogen-bond acceptors (Lipinski definition) is 3. The molecular weight excluding hydrogens is 250 g/mol. The molecule has 2 aromatic rings. The molecule has 2 N–H and O–H groups in total. The smallest absolute Gasteiger partial charge is 0.0893 e. The number of ether oxygens (including phenoxy) is 1. The third-order valence-corrected chi connectivity index (χ3v) is 3.73. The second-order valence-corrected chi connectivity index (χ2v) is 4.87. The van der Waals surface area contributed by atoms with E-state index in [1.165, 1.54) is 0 Å². The normalized spacial score (nSPS) is 18.7. The Bertz CT molecular complexity index is 594. The molecule has 1 aromatic heterocycles. The first-order chi connectivity index (χ1) is 8.68. The number of rotatable bonds is 1. The van der Waals surface area contributed by atoms with Crippen molar-refractivity contribution in [2.45, 2.75) is 19.6 Å². The van der Waals surface area contributed by atoms with E-state index in [1.54, 1.807) is 6.20 Å². The Labute approximate surface area is 110 Å². The van der Waals surface area contributed by atoms with E-state index in [9.17, 15) is 0 Å².